The summed E-state index contributed by atoms with van der Waals surface area (Å²) in [7, 11) is 0. The molecule has 1 unspecified atom stereocenters. The third-order valence-electron chi connectivity index (χ3n) is 3.80. The molecule has 1 fully saturated rings. The average molecular weight is 266 g/mol. The number of rotatable bonds is 1. The number of carbonyl (C=O) groups excluding carboxylic acids is 1. The van der Waals surface area contributed by atoms with Gasteiger partial charge in [0.2, 0.25) is 5.91 Å². The van der Waals surface area contributed by atoms with E-state index in [2.05, 4.69) is 11.4 Å². The molecule has 0 radical (unpaired) electrons. The summed E-state index contributed by atoms with van der Waals surface area (Å²) in [5.74, 6) is -3.00. The number of nitrogens with zero attached hydrogens (tertiary/aromatic N) is 1. The fourth-order valence-corrected chi connectivity index (χ4v) is 2.84. The largest absolute Gasteiger partial charge is 0.310 e. The van der Waals surface area contributed by atoms with Gasteiger partial charge in [0.05, 0.1) is 12.6 Å². The number of hydrogen-bond donors (Lipinski definition) is 1. The van der Waals surface area contributed by atoms with Gasteiger partial charge in [-0.2, -0.15) is 0 Å². The molecular weight excluding hydrogens is 250 g/mol. The van der Waals surface area contributed by atoms with Crippen molar-refractivity contribution < 1.29 is 13.6 Å². The van der Waals surface area contributed by atoms with Crippen LogP contribution in [0.4, 0.5) is 14.5 Å². The molecule has 3 nitrogen and oxygen atoms in total. The zero-order valence-corrected chi connectivity index (χ0v) is 10.7. The maximum Gasteiger partial charge on any atom is 0.262 e. The van der Waals surface area contributed by atoms with Gasteiger partial charge in [0.15, 0.2) is 0 Å². The molecular formula is C14H16F2N2O. The van der Waals surface area contributed by atoms with Gasteiger partial charge in [0.1, 0.15) is 0 Å². The lowest BCUT2D eigenvalue weighted by Crippen LogP contribution is -2.42. The van der Waals surface area contributed by atoms with Crippen molar-refractivity contribution in [2.75, 3.05) is 18.0 Å². The molecule has 1 aromatic rings. The Hall–Kier alpha value is -1.49. The van der Waals surface area contributed by atoms with Crippen LogP contribution in [0.1, 0.15) is 17.5 Å². The molecule has 19 heavy (non-hydrogen) atoms. The third kappa shape index (κ3) is 2.23. The van der Waals surface area contributed by atoms with Gasteiger partial charge in [-0.3, -0.25) is 10.1 Å². The quantitative estimate of drug-likeness (QED) is 0.841. The summed E-state index contributed by atoms with van der Waals surface area (Å²) in [6, 6.07) is 5.14. The first-order valence-electron chi connectivity index (χ1n) is 6.48. The second-order valence-electron chi connectivity index (χ2n) is 5.37. The number of benzene rings is 1. The fraction of sp³-hybridized carbons (Fsp3) is 0.500. The highest BCUT2D eigenvalue weighted by atomic mass is 19.3. The Balaban J connectivity index is 1.80. The summed E-state index contributed by atoms with van der Waals surface area (Å²) in [6.45, 7) is 2.18. The Morgan fingerprint density at radius 1 is 1.47 bits per heavy atom. The second kappa shape index (κ2) is 4.27. The van der Waals surface area contributed by atoms with Gasteiger partial charge in [-0.25, -0.2) is 8.78 Å². The number of aryl methyl sites for hydroxylation is 1. The van der Waals surface area contributed by atoms with E-state index in [1.807, 2.05) is 19.1 Å². The number of hydrogen-bond acceptors (Lipinski definition) is 2. The smallest absolute Gasteiger partial charge is 0.262 e. The lowest BCUT2D eigenvalue weighted by atomic mass is 10.1. The number of fused-ring (bicyclic) bond motifs is 1. The lowest BCUT2D eigenvalue weighted by Gasteiger charge is -2.21. The number of anilines is 1. The van der Waals surface area contributed by atoms with E-state index >= 15 is 0 Å². The highest BCUT2D eigenvalue weighted by molar-refractivity contribution is 5.99. The Kier molecular flexibility index (Phi) is 2.82. The molecule has 1 aromatic carbocycles. The SMILES string of the molecule is Cc1ccc2c(c1)CCN2C(=O)C1CC(F)(F)CN1. The highest BCUT2D eigenvalue weighted by Crippen LogP contribution is 2.32. The summed E-state index contributed by atoms with van der Waals surface area (Å²) < 4.78 is 26.3. The van der Waals surface area contributed by atoms with Crippen LogP contribution in [0.25, 0.3) is 0 Å². The molecule has 2 heterocycles. The van der Waals surface area contributed by atoms with Crippen molar-refractivity contribution in [2.24, 2.45) is 0 Å². The first-order chi connectivity index (χ1) is 8.96. The summed E-state index contributed by atoms with van der Waals surface area (Å²) in [5, 5.41) is 2.62. The normalized spacial score (nSPS) is 24.6. The van der Waals surface area contributed by atoms with Crippen LogP contribution < -0.4 is 10.2 Å². The molecule has 5 heteroatoms. The Bertz CT molecular complexity index is 530. The van der Waals surface area contributed by atoms with Crippen LogP contribution in [0.2, 0.25) is 0 Å². The van der Waals surface area contributed by atoms with E-state index in [9.17, 15) is 13.6 Å². The van der Waals surface area contributed by atoms with Gasteiger partial charge in [0.25, 0.3) is 5.92 Å². The number of carbonyl (C=O) groups is 1. The number of amides is 1. The minimum absolute atomic E-state index is 0.236. The molecule has 0 spiro atoms. The molecule has 3 rings (SSSR count). The van der Waals surface area contributed by atoms with E-state index in [4.69, 9.17) is 0 Å². The van der Waals surface area contributed by atoms with E-state index in [0.29, 0.717) is 6.54 Å². The Morgan fingerprint density at radius 3 is 2.95 bits per heavy atom. The van der Waals surface area contributed by atoms with E-state index in [1.165, 1.54) is 0 Å². The molecule has 1 atom stereocenters. The van der Waals surface area contributed by atoms with E-state index < -0.39 is 24.9 Å². The first-order valence-corrected chi connectivity index (χ1v) is 6.48. The van der Waals surface area contributed by atoms with Gasteiger partial charge in [-0.05, 0) is 25.0 Å². The predicted molar refractivity (Wildman–Crippen MR) is 68.6 cm³/mol. The third-order valence-corrected chi connectivity index (χ3v) is 3.80. The summed E-state index contributed by atoms with van der Waals surface area (Å²) in [4.78, 5) is 13.9. The van der Waals surface area contributed by atoms with Crippen molar-refractivity contribution in [2.45, 2.75) is 31.7 Å². The van der Waals surface area contributed by atoms with Crippen molar-refractivity contribution in [3.05, 3.63) is 29.3 Å². The molecule has 102 valence electrons. The minimum atomic E-state index is -2.77. The lowest BCUT2D eigenvalue weighted by molar-refractivity contribution is -0.120. The first kappa shape index (κ1) is 12.5. The van der Waals surface area contributed by atoms with Crippen LogP contribution in [0.15, 0.2) is 18.2 Å². The number of halogens is 2. The van der Waals surface area contributed by atoms with Crippen molar-refractivity contribution in [1.29, 1.82) is 0 Å². The Morgan fingerprint density at radius 2 is 2.26 bits per heavy atom. The molecule has 2 aliphatic rings. The molecule has 0 saturated carbocycles. The van der Waals surface area contributed by atoms with Gasteiger partial charge in [0, 0.05) is 18.7 Å². The molecule has 0 aliphatic carbocycles. The summed E-state index contributed by atoms with van der Waals surface area (Å²) in [6.07, 6.45) is 0.398. The van der Waals surface area contributed by atoms with Crippen LogP contribution in [-0.2, 0) is 11.2 Å². The van der Waals surface area contributed by atoms with Gasteiger partial charge < -0.3 is 4.90 Å². The summed E-state index contributed by atoms with van der Waals surface area (Å²) >= 11 is 0. The maximum absolute atomic E-state index is 13.2. The fourth-order valence-electron chi connectivity index (χ4n) is 2.84. The molecule has 0 aromatic heterocycles. The van der Waals surface area contributed by atoms with Gasteiger partial charge >= 0.3 is 0 Å². The van der Waals surface area contributed by atoms with E-state index in [-0.39, 0.29) is 5.91 Å². The standard InChI is InChI=1S/C14H16F2N2O/c1-9-2-3-12-10(6-9)4-5-18(12)13(19)11-7-14(15,16)8-17-11/h2-3,6,11,17H,4-5,7-8H2,1H3. The monoisotopic (exact) mass is 266 g/mol. The Labute approximate surface area is 110 Å². The highest BCUT2D eigenvalue weighted by Gasteiger charge is 2.44. The molecule has 1 N–H and O–H groups in total. The van der Waals surface area contributed by atoms with Crippen molar-refractivity contribution in [3.8, 4) is 0 Å². The van der Waals surface area contributed by atoms with Crippen molar-refractivity contribution in [3.63, 3.8) is 0 Å². The predicted octanol–water partition coefficient (Wildman–Crippen LogP) is 1.88. The van der Waals surface area contributed by atoms with Gasteiger partial charge in [-0.1, -0.05) is 17.7 Å². The van der Waals surface area contributed by atoms with Crippen LogP contribution in [-0.4, -0.2) is 31.0 Å². The van der Waals surface area contributed by atoms with Gasteiger partial charge in [-0.15, -0.1) is 0 Å². The van der Waals surface area contributed by atoms with Crippen LogP contribution in [0.3, 0.4) is 0 Å². The molecule has 0 bridgehead atoms. The minimum Gasteiger partial charge on any atom is -0.310 e. The molecule has 2 aliphatic heterocycles. The van der Waals surface area contributed by atoms with E-state index in [0.717, 1.165) is 23.2 Å². The second-order valence-corrected chi connectivity index (χ2v) is 5.37. The number of nitrogens with one attached hydrogen (secondary N) is 1. The van der Waals surface area contributed by atoms with Crippen molar-refractivity contribution in [1.82, 2.24) is 5.32 Å². The number of alkyl halides is 2. The molecule has 1 amide bonds. The maximum atomic E-state index is 13.2. The zero-order chi connectivity index (χ0) is 13.6. The van der Waals surface area contributed by atoms with Crippen LogP contribution in [0.5, 0.6) is 0 Å². The van der Waals surface area contributed by atoms with Crippen LogP contribution in [0, 0.1) is 6.92 Å². The average Bonchev–Trinajstić information content (AvgIpc) is 2.91. The topological polar surface area (TPSA) is 32.3 Å². The summed E-state index contributed by atoms with van der Waals surface area (Å²) in [5.41, 5.74) is 3.14. The van der Waals surface area contributed by atoms with Crippen molar-refractivity contribution >= 4 is 11.6 Å². The molecule has 1 saturated heterocycles. The van der Waals surface area contributed by atoms with Crippen LogP contribution >= 0.6 is 0 Å². The van der Waals surface area contributed by atoms with E-state index in [1.54, 1.807) is 4.90 Å². The zero-order valence-electron chi connectivity index (χ0n) is 10.7.